The van der Waals surface area contributed by atoms with Crippen molar-refractivity contribution < 1.29 is 4.92 Å². The summed E-state index contributed by atoms with van der Waals surface area (Å²) in [6, 6.07) is 5.27. The molecular weight excluding hydrogens is 303 g/mol. The van der Waals surface area contributed by atoms with Crippen LogP contribution < -0.4 is 5.32 Å². The summed E-state index contributed by atoms with van der Waals surface area (Å²) in [5.74, 6) is 0.190. The summed E-state index contributed by atoms with van der Waals surface area (Å²) in [5.41, 5.74) is 0.924. The second kappa shape index (κ2) is 6.11. The average molecular weight is 315 g/mol. The van der Waals surface area contributed by atoms with Crippen LogP contribution in [0.15, 0.2) is 24.5 Å². The van der Waals surface area contributed by atoms with Gasteiger partial charge in [-0.25, -0.2) is 0 Å². The van der Waals surface area contributed by atoms with Crippen LogP contribution in [0.1, 0.15) is 5.56 Å². The molecule has 0 saturated carbocycles. The molecule has 8 heteroatoms. The van der Waals surface area contributed by atoms with Gasteiger partial charge in [-0.15, -0.1) is 0 Å². The molecule has 1 heterocycles. The largest absolute Gasteiger partial charge is 0.406 e. The highest BCUT2D eigenvalue weighted by Gasteiger charge is 2.19. The first-order chi connectivity index (χ1) is 9.49. The molecule has 0 aliphatic carbocycles. The van der Waals surface area contributed by atoms with Crippen LogP contribution in [0.4, 0.5) is 11.6 Å². The van der Waals surface area contributed by atoms with Gasteiger partial charge in [-0.2, -0.15) is 0 Å². The maximum absolute atomic E-state index is 10.8. The average Bonchev–Trinajstić information content (AvgIpc) is 2.74. The zero-order valence-corrected chi connectivity index (χ0v) is 12.1. The van der Waals surface area contributed by atoms with Gasteiger partial charge in [0.2, 0.25) is 12.1 Å². The Bertz CT molecular complexity index is 642. The third-order valence-electron chi connectivity index (χ3n) is 2.79. The van der Waals surface area contributed by atoms with Crippen molar-refractivity contribution in [1.82, 2.24) is 9.55 Å². The molecule has 1 aromatic heterocycles. The third kappa shape index (κ3) is 3.20. The Kier molecular flexibility index (Phi) is 4.46. The van der Waals surface area contributed by atoms with E-state index in [1.54, 1.807) is 23.7 Å². The number of imidazole rings is 1. The second-order valence-corrected chi connectivity index (χ2v) is 5.04. The first kappa shape index (κ1) is 14.6. The predicted octanol–water partition coefficient (Wildman–Crippen LogP) is 3.29. The Morgan fingerprint density at radius 1 is 1.45 bits per heavy atom. The normalized spacial score (nSPS) is 10.6. The molecule has 0 atom stereocenters. The zero-order chi connectivity index (χ0) is 14.7. The minimum absolute atomic E-state index is 0.185. The molecule has 0 spiro atoms. The van der Waals surface area contributed by atoms with E-state index in [1.165, 1.54) is 6.33 Å². The van der Waals surface area contributed by atoms with Gasteiger partial charge in [-0.1, -0.05) is 29.3 Å². The standard InChI is InChI=1S/C12H12Cl2N4O2/c1-17-7-16-12(18(19)20)11(17)15-5-4-8-2-3-9(13)6-10(8)14/h2-3,6-7,15H,4-5H2,1H3. The Labute approximate surface area is 125 Å². The highest BCUT2D eigenvalue weighted by atomic mass is 35.5. The molecule has 0 fully saturated rings. The molecule has 2 rings (SSSR count). The van der Waals surface area contributed by atoms with E-state index in [2.05, 4.69) is 10.3 Å². The number of benzene rings is 1. The molecule has 20 heavy (non-hydrogen) atoms. The van der Waals surface area contributed by atoms with Gasteiger partial charge in [0.25, 0.3) is 0 Å². The van der Waals surface area contributed by atoms with E-state index in [0.29, 0.717) is 28.8 Å². The highest BCUT2D eigenvalue weighted by Crippen LogP contribution is 2.23. The number of rotatable bonds is 5. The molecule has 0 aliphatic rings. The number of halogens is 2. The first-order valence-electron chi connectivity index (χ1n) is 5.82. The van der Waals surface area contributed by atoms with Crippen LogP contribution in [-0.4, -0.2) is 21.0 Å². The second-order valence-electron chi connectivity index (χ2n) is 4.20. The van der Waals surface area contributed by atoms with Gasteiger partial charge in [-0.3, -0.25) is 4.57 Å². The van der Waals surface area contributed by atoms with Gasteiger partial charge in [0, 0.05) is 23.6 Å². The minimum atomic E-state index is -0.516. The van der Waals surface area contributed by atoms with E-state index >= 15 is 0 Å². The van der Waals surface area contributed by atoms with E-state index < -0.39 is 4.92 Å². The van der Waals surface area contributed by atoms with Crippen molar-refractivity contribution >= 4 is 34.8 Å². The fourth-order valence-electron chi connectivity index (χ4n) is 1.80. The van der Waals surface area contributed by atoms with Crippen molar-refractivity contribution in [1.29, 1.82) is 0 Å². The molecule has 106 valence electrons. The van der Waals surface area contributed by atoms with E-state index in [-0.39, 0.29) is 5.82 Å². The maximum atomic E-state index is 10.8. The molecule has 0 saturated heterocycles. The van der Waals surface area contributed by atoms with Crippen molar-refractivity contribution in [2.24, 2.45) is 7.05 Å². The van der Waals surface area contributed by atoms with Crippen molar-refractivity contribution in [2.75, 3.05) is 11.9 Å². The lowest BCUT2D eigenvalue weighted by atomic mass is 10.1. The molecule has 2 aromatic rings. The van der Waals surface area contributed by atoms with Crippen molar-refractivity contribution in [3.63, 3.8) is 0 Å². The number of nitrogens with one attached hydrogen (secondary N) is 1. The first-order valence-corrected chi connectivity index (χ1v) is 6.58. The Morgan fingerprint density at radius 2 is 2.20 bits per heavy atom. The van der Waals surface area contributed by atoms with Crippen LogP contribution in [0, 0.1) is 10.1 Å². The third-order valence-corrected chi connectivity index (χ3v) is 3.38. The van der Waals surface area contributed by atoms with Crippen molar-refractivity contribution in [2.45, 2.75) is 6.42 Å². The number of aryl methyl sites for hydroxylation is 1. The molecule has 1 N–H and O–H groups in total. The number of nitrogens with zero attached hydrogens (tertiary/aromatic N) is 3. The molecule has 0 aliphatic heterocycles. The van der Waals surface area contributed by atoms with Gasteiger partial charge in [-0.05, 0) is 34.0 Å². The van der Waals surface area contributed by atoms with Crippen LogP contribution in [0.5, 0.6) is 0 Å². The number of hydrogen-bond donors (Lipinski definition) is 1. The summed E-state index contributed by atoms with van der Waals surface area (Å²) < 4.78 is 1.57. The monoisotopic (exact) mass is 314 g/mol. The van der Waals surface area contributed by atoms with Gasteiger partial charge in [0.1, 0.15) is 0 Å². The van der Waals surface area contributed by atoms with Crippen molar-refractivity contribution in [3.05, 3.63) is 50.2 Å². The number of anilines is 1. The zero-order valence-electron chi connectivity index (χ0n) is 10.6. The van der Waals surface area contributed by atoms with E-state index in [0.717, 1.165) is 5.56 Å². The van der Waals surface area contributed by atoms with E-state index in [1.807, 2.05) is 6.07 Å². The molecule has 1 aromatic carbocycles. The maximum Gasteiger partial charge on any atom is 0.406 e. The Morgan fingerprint density at radius 3 is 2.85 bits per heavy atom. The van der Waals surface area contributed by atoms with Gasteiger partial charge in [0.05, 0.1) is 0 Å². The quantitative estimate of drug-likeness (QED) is 0.679. The van der Waals surface area contributed by atoms with E-state index in [4.69, 9.17) is 23.2 Å². The van der Waals surface area contributed by atoms with E-state index in [9.17, 15) is 10.1 Å². The molecular formula is C12H12Cl2N4O2. The van der Waals surface area contributed by atoms with Gasteiger partial charge in [0.15, 0.2) is 0 Å². The summed E-state index contributed by atoms with van der Waals surface area (Å²) >= 11 is 11.9. The summed E-state index contributed by atoms with van der Waals surface area (Å²) in [6.07, 6.45) is 2.02. The van der Waals surface area contributed by atoms with Crippen LogP contribution in [0.3, 0.4) is 0 Å². The number of hydrogen-bond acceptors (Lipinski definition) is 4. The summed E-state index contributed by atoms with van der Waals surface area (Å²) in [6.45, 7) is 0.502. The SMILES string of the molecule is Cn1cnc([N+](=O)[O-])c1NCCc1ccc(Cl)cc1Cl. The van der Waals surface area contributed by atoms with Gasteiger partial charge >= 0.3 is 5.82 Å². The molecule has 0 radical (unpaired) electrons. The predicted molar refractivity (Wildman–Crippen MR) is 78.5 cm³/mol. The fourth-order valence-corrected chi connectivity index (χ4v) is 2.30. The fraction of sp³-hybridized carbons (Fsp3) is 0.250. The highest BCUT2D eigenvalue weighted by molar-refractivity contribution is 6.35. The lowest BCUT2D eigenvalue weighted by Gasteiger charge is -2.08. The van der Waals surface area contributed by atoms with Crippen LogP contribution >= 0.6 is 23.2 Å². The Hall–Kier alpha value is -1.79. The van der Waals surface area contributed by atoms with Crippen LogP contribution in [0.25, 0.3) is 0 Å². The Balaban J connectivity index is 2.03. The molecule has 6 nitrogen and oxygen atoms in total. The van der Waals surface area contributed by atoms with Gasteiger partial charge < -0.3 is 15.4 Å². The topological polar surface area (TPSA) is 73.0 Å². The molecule has 0 amide bonds. The number of aromatic nitrogens is 2. The molecule has 0 unspecified atom stereocenters. The lowest BCUT2D eigenvalue weighted by Crippen LogP contribution is -2.09. The molecule has 0 bridgehead atoms. The van der Waals surface area contributed by atoms with Crippen LogP contribution in [0.2, 0.25) is 10.0 Å². The number of nitro groups is 1. The smallest absolute Gasteiger partial charge is 0.364 e. The summed E-state index contributed by atoms with van der Waals surface area (Å²) in [4.78, 5) is 14.0. The van der Waals surface area contributed by atoms with Crippen molar-refractivity contribution in [3.8, 4) is 0 Å². The van der Waals surface area contributed by atoms with Crippen LogP contribution in [-0.2, 0) is 13.5 Å². The summed E-state index contributed by atoms with van der Waals surface area (Å²) in [7, 11) is 1.69. The minimum Gasteiger partial charge on any atom is -0.364 e. The lowest BCUT2D eigenvalue weighted by molar-refractivity contribution is -0.388. The summed E-state index contributed by atoms with van der Waals surface area (Å²) in [5, 5.41) is 15.0.